The van der Waals surface area contributed by atoms with Crippen molar-refractivity contribution in [1.82, 2.24) is 4.90 Å². The third kappa shape index (κ3) is 5.08. The van der Waals surface area contributed by atoms with Crippen LogP contribution in [0.3, 0.4) is 0 Å². The van der Waals surface area contributed by atoms with E-state index in [1.54, 1.807) is 0 Å². The van der Waals surface area contributed by atoms with Gasteiger partial charge in [0.05, 0.1) is 16.8 Å². The highest BCUT2D eigenvalue weighted by Crippen LogP contribution is 2.39. The summed E-state index contributed by atoms with van der Waals surface area (Å²) in [4.78, 5) is 18.3. The SMILES string of the molecule is CC1c2cccc(Cl)c2N=C(c2ccc(OCCOC(=O)CCCO)cc2)N1C. The summed E-state index contributed by atoms with van der Waals surface area (Å²) in [5, 5.41) is 9.34. The van der Waals surface area contributed by atoms with Crippen LogP contribution in [0.2, 0.25) is 5.02 Å². The Balaban J connectivity index is 1.63. The van der Waals surface area contributed by atoms with Crippen LogP contribution in [0.4, 0.5) is 5.69 Å². The molecule has 1 aliphatic heterocycles. The lowest BCUT2D eigenvalue weighted by molar-refractivity contribution is -0.144. The van der Waals surface area contributed by atoms with Crippen LogP contribution >= 0.6 is 11.6 Å². The number of aliphatic hydroxyl groups is 1. The van der Waals surface area contributed by atoms with Crippen molar-refractivity contribution in [3.05, 3.63) is 58.6 Å². The van der Waals surface area contributed by atoms with Gasteiger partial charge in [-0.25, -0.2) is 4.99 Å². The first-order chi connectivity index (χ1) is 14.0. The molecule has 1 atom stereocenters. The van der Waals surface area contributed by atoms with Gasteiger partial charge in [-0.15, -0.1) is 0 Å². The van der Waals surface area contributed by atoms with Crippen molar-refractivity contribution in [2.45, 2.75) is 25.8 Å². The first kappa shape index (κ1) is 21.1. The molecule has 1 heterocycles. The molecule has 0 fully saturated rings. The Morgan fingerprint density at radius 2 is 1.97 bits per heavy atom. The third-order valence-corrected chi connectivity index (χ3v) is 5.17. The highest BCUT2D eigenvalue weighted by Gasteiger charge is 2.26. The van der Waals surface area contributed by atoms with E-state index in [1.165, 1.54) is 0 Å². The fraction of sp³-hybridized carbons (Fsp3) is 0.364. The molecule has 1 aliphatic rings. The van der Waals surface area contributed by atoms with Gasteiger partial charge < -0.3 is 19.5 Å². The van der Waals surface area contributed by atoms with Crippen molar-refractivity contribution in [3.8, 4) is 5.75 Å². The number of ether oxygens (including phenoxy) is 2. The van der Waals surface area contributed by atoms with E-state index in [0.717, 1.165) is 22.6 Å². The van der Waals surface area contributed by atoms with Crippen LogP contribution in [0.1, 0.15) is 36.9 Å². The standard InChI is InChI=1S/C22H25ClN2O4/c1-15-18-5-3-6-19(23)21(18)24-22(25(15)2)16-8-10-17(11-9-16)28-13-14-29-20(27)7-4-12-26/h3,5-6,8-11,15,26H,4,7,12-14H2,1-2H3. The summed E-state index contributed by atoms with van der Waals surface area (Å²) < 4.78 is 10.7. The number of esters is 1. The van der Waals surface area contributed by atoms with Crippen molar-refractivity contribution < 1.29 is 19.4 Å². The maximum Gasteiger partial charge on any atom is 0.305 e. The molecular weight excluding hydrogens is 392 g/mol. The topological polar surface area (TPSA) is 71.4 Å². The molecule has 2 aromatic carbocycles. The Morgan fingerprint density at radius 3 is 2.69 bits per heavy atom. The zero-order chi connectivity index (χ0) is 20.8. The number of halogens is 1. The van der Waals surface area contributed by atoms with E-state index in [9.17, 15) is 4.79 Å². The van der Waals surface area contributed by atoms with E-state index in [0.29, 0.717) is 17.2 Å². The van der Waals surface area contributed by atoms with Crippen LogP contribution in [0.5, 0.6) is 5.75 Å². The van der Waals surface area contributed by atoms with Crippen molar-refractivity contribution in [2.75, 3.05) is 26.9 Å². The second-order valence-corrected chi connectivity index (χ2v) is 7.23. The third-order valence-electron chi connectivity index (χ3n) is 4.87. The summed E-state index contributed by atoms with van der Waals surface area (Å²) in [5.41, 5.74) is 2.89. The van der Waals surface area contributed by atoms with Crippen LogP contribution in [0, 0.1) is 0 Å². The number of fused-ring (bicyclic) bond motifs is 1. The van der Waals surface area contributed by atoms with Gasteiger partial charge in [0.15, 0.2) is 0 Å². The first-order valence-electron chi connectivity index (χ1n) is 9.61. The molecule has 29 heavy (non-hydrogen) atoms. The minimum atomic E-state index is -0.329. The van der Waals surface area contributed by atoms with Crippen molar-refractivity contribution >= 4 is 29.1 Å². The minimum absolute atomic E-state index is 0.0189. The van der Waals surface area contributed by atoms with E-state index < -0.39 is 0 Å². The highest BCUT2D eigenvalue weighted by molar-refractivity contribution is 6.33. The van der Waals surface area contributed by atoms with E-state index in [2.05, 4.69) is 17.9 Å². The fourth-order valence-electron chi connectivity index (χ4n) is 3.14. The quantitative estimate of drug-likeness (QED) is 0.517. The normalized spacial score (nSPS) is 15.5. The molecule has 7 heteroatoms. The molecule has 0 amide bonds. The molecule has 0 saturated carbocycles. The van der Waals surface area contributed by atoms with Crippen LogP contribution in [0.25, 0.3) is 0 Å². The molecule has 1 N–H and O–H groups in total. The number of hydrogen-bond donors (Lipinski definition) is 1. The van der Waals surface area contributed by atoms with Gasteiger partial charge in [-0.2, -0.15) is 0 Å². The minimum Gasteiger partial charge on any atom is -0.490 e. The van der Waals surface area contributed by atoms with Gasteiger partial charge in [-0.05, 0) is 43.7 Å². The fourth-order valence-corrected chi connectivity index (χ4v) is 3.37. The number of carbonyl (C=O) groups excluding carboxylic acids is 1. The molecule has 0 radical (unpaired) electrons. The molecule has 0 bridgehead atoms. The Labute approximate surface area is 175 Å². The number of para-hydroxylation sites is 1. The maximum atomic E-state index is 11.4. The molecule has 6 nitrogen and oxygen atoms in total. The molecule has 0 spiro atoms. The smallest absolute Gasteiger partial charge is 0.305 e. The average Bonchev–Trinajstić information content (AvgIpc) is 2.73. The first-order valence-corrected chi connectivity index (χ1v) is 9.98. The monoisotopic (exact) mass is 416 g/mol. The Bertz CT molecular complexity index is 883. The van der Waals surface area contributed by atoms with E-state index in [1.807, 2.05) is 43.4 Å². The van der Waals surface area contributed by atoms with Gasteiger partial charge in [0, 0.05) is 31.2 Å². The number of rotatable bonds is 8. The summed E-state index contributed by atoms with van der Waals surface area (Å²) >= 11 is 6.36. The Kier molecular flexibility index (Phi) is 7.12. The van der Waals surface area contributed by atoms with E-state index in [4.69, 9.17) is 31.2 Å². The van der Waals surface area contributed by atoms with Gasteiger partial charge in [0.25, 0.3) is 0 Å². The predicted molar refractivity (Wildman–Crippen MR) is 113 cm³/mol. The lowest BCUT2D eigenvalue weighted by Crippen LogP contribution is -2.33. The van der Waals surface area contributed by atoms with Gasteiger partial charge >= 0.3 is 5.97 Å². The van der Waals surface area contributed by atoms with Crippen LogP contribution in [-0.2, 0) is 9.53 Å². The van der Waals surface area contributed by atoms with Crippen molar-refractivity contribution in [1.29, 1.82) is 0 Å². The zero-order valence-corrected chi connectivity index (χ0v) is 17.4. The second kappa shape index (κ2) is 9.76. The van der Waals surface area contributed by atoms with Crippen LogP contribution in [0.15, 0.2) is 47.5 Å². The Hall–Kier alpha value is -2.57. The molecule has 0 saturated heterocycles. The zero-order valence-electron chi connectivity index (χ0n) is 16.6. The largest absolute Gasteiger partial charge is 0.490 e. The van der Waals surface area contributed by atoms with Crippen molar-refractivity contribution in [3.63, 3.8) is 0 Å². The molecule has 2 aromatic rings. The summed E-state index contributed by atoms with van der Waals surface area (Å²) in [6, 6.07) is 13.6. The van der Waals surface area contributed by atoms with Gasteiger partial charge in [0.2, 0.25) is 0 Å². The van der Waals surface area contributed by atoms with Crippen molar-refractivity contribution in [2.24, 2.45) is 4.99 Å². The molecule has 154 valence electrons. The van der Waals surface area contributed by atoms with Gasteiger partial charge in [0.1, 0.15) is 24.8 Å². The number of aliphatic imine (C=N–C) groups is 1. The van der Waals surface area contributed by atoms with Crippen LogP contribution in [-0.4, -0.2) is 48.7 Å². The Morgan fingerprint density at radius 1 is 1.21 bits per heavy atom. The number of nitrogens with zero attached hydrogens (tertiary/aromatic N) is 2. The number of benzene rings is 2. The molecule has 0 aliphatic carbocycles. The predicted octanol–water partition coefficient (Wildman–Crippen LogP) is 4.12. The summed E-state index contributed by atoms with van der Waals surface area (Å²) in [7, 11) is 2.02. The maximum absolute atomic E-state index is 11.4. The van der Waals surface area contributed by atoms with E-state index in [-0.39, 0.29) is 38.3 Å². The molecule has 0 aromatic heterocycles. The van der Waals surface area contributed by atoms with Gasteiger partial charge in [-0.3, -0.25) is 4.79 Å². The summed E-state index contributed by atoms with van der Waals surface area (Å²) in [6.45, 7) is 2.55. The van der Waals surface area contributed by atoms with Crippen LogP contribution < -0.4 is 4.74 Å². The lowest BCUT2D eigenvalue weighted by Gasteiger charge is -2.33. The number of carbonyl (C=O) groups is 1. The second-order valence-electron chi connectivity index (χ2n) is 6.82. The van der Waals surface area contributed by atoms with E-state index >= 15 is 0 Å². The molecule has 3 rings (SSSR count). The number of amidine groups is 1. The molecule has 1 unspecified atom stereocenters. The summed E-state index contributed by atoms with van der Waals surface area (Å²) in [6.07, 6.45) is 0.625. The highest BCUT2D eigenvalue weighted by atomic mass is 35.5. The number of hydrogen-bond acceptors (Lipinski definition) is 6. The molecular formula is C22H25ClN2O4. The van der Waals surface area contributed by atoms with Gasteiger partial charge in [-0.1, -0.05) is 23.7 Å². The average molecular weight is 417 g/mol. The number of aliphatic hydroxyl groups excluding tert-OH is 1. The lowest BCUT2D eigenvalue weighted by atomic mass is 10.0. The summed E-state index contributed by atoms with van der Waals surface area (Å²) in [5.74, 6) is 1.21.